The van der Waals surface area contributed by atoms with E-state index in [1.807, 2.05) is 0 Å². The minimum absolute atomic E-state index is 0.330. The molecule has 1 amide bonds. The molecule has 0 radical (unpaired) electrons. The van der Waals surface area contributed by atoms with E-state index in [-0.39, 0.29) is 11.9 Å². The number of hydrogen-bond acceptors (Lipinski definition) is 5. The molecule has 1 aromatic carbocycles. The lowest BCUT2D eigenvalue weighted by molar-refractivity contribution is -0.199. The van der Waals surface area contributed by atoms with Crippen molar-refractivity contribution in [2.24, 2.45) is 17.3 Å². The quantitative estimate of drug-likeness (QED) is 0.775. The van der Waals surface area contributed by atoms with Crippen molar-refractivity contribution in [3.8, 4) is 5.75 Å². The Labute approximate surface area is 159 Å². The molecule has 0 spiro atoms. The molecule has 5 rings (SSSR count). The van der Waals surface area contributed by atoms with Crippen molar-refractivity contribution in [1.29, 1.82) is 0 Å². The fraction of sp³-hybridized carbons (Fsp3) is 0.619. The Balaban J connectivity index is 1.41. The van der Waals surface area contributed by atoms with E-state index in [9.17, 15) is 14.7 Å². The predicted octanol–water partition coefficient (Wildman–Crippen LogP) is 2.90. The van der Waals surface area contributed by atoms with Gasteiger partial charge in [0.05, 0.1) is 18.1 Å². The first-order valence-electron chi connectivity index (χ1n) is 9.69. The maximum atomic E-state index is 13.0. The number of benzene rings is 1. The second-order valence-electron chi connectivity index (χ2n) is 8.73. The number of anilines is 1. The van der Waals surface area contributed by atoms with Crippen molar-refractivity contribution in [1.82, 2.24) is 0 Å². The molecule has 27 heavy (non-hydrogen) atoms. The third kappa shape index (κ3) is 3.43. The normalized spacial score (nSPS) is 34.8. The second kappa shape index (κ2) is 6.51. The standard InChI is InChI=1S/C21H27NO5/c1-13(18(23)22-16-4-3-5-17(7-16)26-2)27-19(24)20-8-14-6-15(9-20)11-21(25,10-14)12-20/h3-5,7,13-15,25H,6,8-12H2,1-2H3,(H,22,23)/t13-,14-,15+,20?,21?/m0/s1. The summed E-state index contributed by atoms with van der Waals surface area (Å²) in [6.07, 6.45) is 3.81. The number of aliphatic hydroxyl groups is 1. The molecule has 0 heterocycles. The van der Waals surface area contributed by atoms with Gasteiger partial charge in [0.1, 0.15) is 5.75 Å². The lowest BCUT2D eigenvalue weighted by atomic mass is 9.48. The van der Waals surface area contributed by atoms with Crippen LogP contribution in [0.3, 0.4) is 0 Å². The van der Waals surface area contributed by atoms with Crippen LogP contribution < -0.4 is 10.1 Å². The van der Waals surface area contributed by atoms with Crippen molar-refractivity contribution in [2.75, 3.05) is 12.4 Å². The molecule has 2 N–H and O–H groups in total. The summed E-state index contributed by atoms with van der Waals surface area (Å²) in [5.74, 6) is 0.719. The highest BCUT2D eigenvalue weighted by Gasteiger charge is 2.61. The summed E-state index contributed by atoms with van der Waals surface area (Å²) in [7, 11) is 1.56. The lowest BCUT2D eigenvalue weighted by Crippen LogP contribution is -2.59. The van der Waals surface area contributed by atoms with Gasteiger partial charge in [-0.1, -0.05) is 6.07 Å². The van der Waals surface area contributed by atoms with E-state index in [2.05, 4.69) is 5.32 Å². The Morgan fingerprint density at radius 2 is 1.93 bits per heavy atom. The average molecular weight is 373 g/mol. The number of esters is 1. The molecule has 1 aromatic rings. The predicted molar refractivity (Wildman–Crippen MR) is 99.2 cm³/mol. The summed E-state index contributed by atoms with van der Waals surface area (Å²) in [5, 5.41) is 13.6. The Bertz CT molecular complexity index is 747. The minimum Gasteiger partial charge on any atom is -0.497 e. The molecule has 5 atom stereocenters. The van der Waals surface area contributed by atoms with Gasteiger partial charge in [0.2, 0.25) is 0 Å². The zero-order valence-electron chi connectivity index (χ0n) is 15.9. The molecule has 6 nitrogen and oxygen atoms in total. The van der Waals surface area contributed by atoms with Crippen LogP contribution in [0, 0.1) is 17.3 Å². The van der Waals surface area contributed by atoms with E-state index in [4.69, 9.17) is 9.47 Å². The Hall–Kier alpha value is -2.08. The number of carbonyl (C=O) groups excluding carboxylic acids is 2. The molecule has 146 valence electrons. The van der Waals surface area contributed by atoms with Gasteiger partial charge in [-0.25, -0.2) is 0 Å². The zero-order valence-corrected chi connectivity index (χ0v) is 15.9. The molecule has 0 aromatic heterocycles. The average Bonchev–Trinajstić information content (AvgIpc) is 2.59. The van der Waals surface area contributed by atoms with Crippen molar-refractivity contribution in [2.45, 2.75) is 57.2 Å². The van der Waals surface area contributed by atoms with Crippen LogP contribution in [0.15, 0.2) is 24.3 Å². The summed E-state index contributed by atoms with van der Waals surface area (Å²) in [6.45, 7) is 1.59. The molecule has 2 unspecified atom stereocenters. The van der Waals surface area contributed by atoms with Gasteiger partial charge in [-0.3, -0.25) is 9.59 Å². The number of carbonyl (C=O) groups is 2. The van der Waals surface area contributed by atoms with Crippen LogP contribution in [-0.4, -0.2) is 35.8 Å². The van der Waals surface area contributed by atoms with Crippen molar-refractivity contribution in [3.05, 3.63) is 24.3 Å². The minimum atomic E-state index is -0.897. The van der Waals surface area contributed by atoms with E-state index >= 15 is 0 Å². The molecule has 6 heteroatoms. The van der Waals surface area contributed by atoms with Gasteiger partial charge in [-0.15, -0.1) is 0 Å². The molecular weight excluding hydrogens is 346 g/mol. The summed E-state index contributed by atoms with van der Waals surface area (Å²) < 4.78 is 10.7. The van der Waals surface area contributed by atoms with Crippen LogP contribution in [-0.2, 0) is 14.3 Å². The molecular formula is C21H27NO5. The Kier molecular flexibility index (Phi) is 4.41. The van der Waals surface area contributed by atoms with Gasteiger partial charge in [0.15, 0.2) is 6.10 Å². The monoisotopic (exact) mass is 373 g/mol. The topological polar surface area (TPSA) is 84.9 Å². The highest BCUT2D eigenvalue weighted by molar-refractivity contribution is 5.95. The molecule has 4 saturated carbocycles. The van der Waals surface area contributed by atoms with Crippen LogP contribution in [0.1, 0.15) is 45.4 Å². The largest absolute Gasteiger partial charge is 0.497 e. The number of ether oxygens (including phenoxy) is 2. The molecule has 0 saturated heterocycles. The first kappa shape index (κ1) is 18.3. The fourth-order valence-corrected chi connectivity index (χ4v) is 5.74. The molecule has 0 aliphatic heterocycles. The summed E-state index contributed by atoms with van der Waals surface area (Å²) >= 11 is 0. The summed E-state index contributed by atoms with van der Waals surface area (Å²) in [4.78, 5) is 25.4. The third-order valence-electron chi connectivity index (χ3n) is 6.45. The smallest absolute Gasteiger partial charge is 0.312 e. The van der Waals surface area contributed by atoms with E-state index < -0.39 is 17.1 Å². The van der Waals surface area contributed by atoms with Gasteiger partial charge in [0.25, 0.3) is 5.91 Å². The maximum Gasteiger partial charge on any atom is 0.312 e. The van der Waals surface area contributed by atoms with Crippen molar-refractivity contribution >= 4 is 17.6 Å². The van der Waals surface area contributed by atoms with Gasteiger partial charge in [0, 0.05) is 11.8 Å². The number of rotatable bonds is 5. The third-order valence-corrected chi connectivity index (χ3v) is 6.45. The zero-order chi connectivity index (χ0) is 19.2. The van der Waals surface area contributed by atoms with Crippen LogP contribution in [0.4, 0.5) is 5.69 Å². The molecule has 4 aliphatic rings. The van der Waals surface area contributed by atoms with Crippen molar-refractivity contribution in [3.63, 3.8) is 0 Å². The highest BCUT2D eigenvalue weighted by Crippen LogP contribution is 2.62. The van der Waals surface area contributed by atoms with Gasteiger partial charge < -0.3 is 19.9 Å². The Morgan fingerprint density at radius 1 is 1.22 bits per heavy atom. The molecule has 4 fully saturated rings. The molecule has 4 bridgehead atoms. The second-order valence-corrected chi connectivity index (χ2v) is 8.73. The number of nitrogens with one attached hydrogen (secondary N) is 1. The number of amides is 1. The lowest BCUT2D eigenvalue weighted by Gasteiger charge is -2.58. The van der Waals surface area contributed by atoms with E-state index in [1.54, 1.807) is 38.3 Å². The van der Waals surface area contributed by atoms with Gasteiger partial charge in [-0.2, -0.15) is 0 Å². The van der Waals surface area contributed by atoms with E-state index in [0.717, 1.165) is 32.1 Å². The van der Waals surface area contributed by atoms with Gasteiger partial charge >= 0.3 is 5.97 Å². The first-order valence-corrected chi connectivity index (χ1v) is 9.69. The van der Waals surface area contributed by atoms with Crippen molar-refractivity contribution < 1.29 is 24.2 Å². The SMILES string of the molecule is COc1cccc(NC(=O)[C@H](C)OC(=O)C23C[C@@H]4C[C@@H](CC(O)(C4)C2)C3)c1. The molecule has 4 aliphatic carbocycles. The van der Waals surface area contributed by atoms with Gasteiger partial charge in [-0.05, 0) is 69.4 Å². The summed E-state index contributed by atoms with van der Waals surface area (Å²) in [6, 6.07) is 7.03. The highest BCUT2D eigenvalue weighted by atomic mass is 16.5. The summed E-state index contributed by atoms with van der Waals surface area (Å²) in [5.41, 5.74) is -0.759. The number of hydrogen-bond donors (Lipinski definition) is 2. The number of methoxy groups -OCH3 is 1. The van der Waals surface area contributed by atoms with Crippen LogP contribution >= 0.6 is 0 Å². The van der Waals surface area contributed by atoms with E-state index in [0.29, 0.717) is 29.7 Å². The van der Waals surface area contributed by atoms with Crippen LogP contribution in [0.5, 0.6) is 5.75 Å². The maximum absolute atomic E-state index is 13.0. The Morgan fingerprint density at radius 3 is 2.56 bits per heavy atom. The van der Waals surface area contributed by atoms with Crippen LogP contribution in [0.2, 0.25) is 0 Å². The van der Waals surface area contributed by atoms with Crippen LogP contribution in [0.25, 0.3) is 0 Å². The fourth-order valence-electron chi connectivity index (χ4n) is 5.74. The van der Waals surface area contributed by atoms with E-state index in [1.165, 1.54) is 0 Å². The first-order chi connectivity index (χ1) is 12.8.